The van der Waals surface area contributed by atoms with E-state index in [1.54, 1.807) is 0 Å². The Hall–Kier alpha value is -3.46. The van der Waals surface area contributed by atoms with Gasteiger partial charge in [-0.05, 0) is 74.9 Å². The molecule has 0 amide bonds. The number of nitrogens with zero attached hydrogens (tertiary/aromatic N) is 1. The average molecular weight is 438 g/mol. The second kappa shape index (κ2) is 8.82. The molecule has 4 rings (SSSR count). The van der Waals surface area contributed by atoms with Crippen LogP contribution in [0.1, 0.15) is 63.5 Å². The van der Waals surface area contributed by atoms with E-state index in [1.165, 1.54) is 5.56 Å². The zero-order valence-corrected chi connectivity index (χ0v) is 20.5. The molecule has 3 aromatic carbocycles. The van der Waals surface area contributed by atoms with Crippen LogP contribution in [0.15, 0.2) is 54.6 Å². The molecule has 0 saturated heterocycles. The first-order chi connectivity index (χ1) is 15.7. The van der Waals surface area contributed by atoms with E-state index in [0.717, 1.165) is 50.0 Å². The summed E-state index contributed by atoms with van der Waals surface area (Å²) < 4.78 is 6.09. The fourth-order valence-electron chi connectivity index (χ4n) is 4.43. The molecule has 0 aliphatic rings. The number of fused-ring (bicyclic) bond motifs is 1. The number of rotatable bonds is 4. The van der Waals surface area contributed by atoms with Crippen LogP contribution in [0, 0.1) is 34.6 Å². The Morgan fingerprint density at radius 3 is 2.15 bits per heavy atom. The third-order valence-electron chi connectivity index (χ3n) is 6.19. The number of hydrogen-bond acceptors (Lipinski definition) is 3. The third-order valence-corrected chi connectivity index (χ3v) is 6.19. The van der Waals surface area contributed by atoms with Gasteiger partial charge in [-0.25, -0.2) is 9.78 Å². The summed E-state index contributed by atoms with van der Waals surface area (Å²) in [5, 5.41) is 0.838. The first-order valence-corrected chi connectivity index (χ1v) is 11.5. The second-order valence-corrected chi connectivity index (χ2v) is 9.39. The van der Waals surface area contributed by atoms with E-state index in [9.17, 15) is 4.79 Å². The summed E-state index contributed by atoms with van der Waals surface area (Å²) >= 11 is 0. The molecule has 0 N–H and O–H groups in total. The Kier molecular flexibility index (Phi) is 6.07. The molecule has 0 aliphatic carbocycles. The van der Waals surface area contributed by atoms with E-state index in [0.29, 0.717) is 11.3 Å². The minimum atomic E-state index is -0.342. The van der Waals surface area contributed by atoms with E-state index in [1.807, 2.05) is 45.9 Å². The van der Waals surface area contributed by atoms with Crippen LogP contribution in [0.5, 0.6) is 5.75 Å². The molecular formula is C30H31NO2. The van der Waals surface area contributed by atoms with Crippen molar-refractivity contribution in [2.75, 3.05) is 0 Å². The maximum atomic E-state index is 13.7. The minimum absolute atomic E-state index is 0.247. The molecular weight excluding hydrogens is 406 g/mol. The molecule has 168 valence electrons. The van der Waals surface area contributed by atoms with Crippen LogP contribution in [-0.4, -0.2) is 11.0 Å². The summed E-state index contributed by atoms with van der Waals surface area (Å²) in [5.74, 6) is 0.530. The lowest BCUT2D eigenvalue weighted by Gasteiger charge is -2.18. The number of pyridine rings is 1. The van der Waals surface area contributed by atoms with Gasteiger partial charge in [-0.2, -0.15) is 0 Å². The van der Waals surface area contributed by atoms with Crippen molar-refractivity contribution >= 4 is 16.9 Å². The lowest BCUT2D eigenvalue weighted by molar-refractivity contribution is 0.0734. The third kappa shape index (κ3) is 4.41. The highest BCUT2D eigenvalue weighted by atomic mass is 16.5. The van der Waals surface area contributed by atoms with Gasteiger partial charge in [0.1, 0.15) is 5.75 Å². The van der Waals surface area contributed by atoms with E-state index >= 15 is 0 Å². The maximum Gasteiger partial charge on any atom is 0.344 e. The molecule has 3 nitrogen and oxygen atoms in total. The number of aromatic nitrogens is 1. The van der Waals surface area contributed by atoms with Gasteiger partial charge in [0, 0.05) is 10.9 Å². The van der Waals surface area contributed by atoms with Crippen LogP contribution < -0.4 is 4.74 Å². The van der Waals surface area contributed by atoms with Gasteiger partial charge in [-0.15, -0.1) is 0 Å². The lowest BCUT2D eigenvalue weighted by atomic mass is 9.94. The Bertz CT molecular complexity index is 1360. The Labute approximate surface area is 196 Å². The minimum Gasteiger partial charge on any atom is -0.423 e. The number of ether oxygens (including phenoxy) is 1. The first kappa shape index (κ1) is 22.7. The van der Waals surface area contributed by atoms with Crippen molar-refractivity contribution in [2.24, 2.45) is 0 Å². The molecule has 4 aromatic rings. The van der Waals surface area contributed by atoms with Crippen LogP contribution in [0.3, 0.4) is 0 Å². The second-order valence-electron chi connectivity index (χ2n) is 9.39. The van der Waals surface area contributed by atoms with Gasteiger partial charge < -0.3 is 4.74 Å². The highest BCUT2D eigenvalue weighted by Crippen LogP contribution is 2.34. The fraction of sp³-hybridized carbons (Fsp3) is 0.267. The van der Waals surface area contributed by atoms with Crippen LogP contribution in [0.25, 0.3) is 22.2 Å². The fourth-order valence-corrected chi connectivity index (χ4v) is 4.43. The van der Waals surface area contributed by atoms with Crippen LogP contribution in [0.4, 0.5) is 0 Å². The molecule has 0 radical (unpaired) electrons. The van der Waals surface area contributed by atoms with Crippen LogP contribution in [0.2, 0.25) is 0 Å². The van der Waals surface area contributed by atoms with Gasteiger partial charge in [0.05, 0.1) is 16.8 Å². The largest absolute Gasteiger partial charge is 0.423 e. The summed E-state index contributed by atoms with van der Waals surface area (Å²) in [6.07, 6.45) is 0. The molecule has 0 bridgehead atoms. The summed E-state index contributed by atoms with van der Waals surface area (Å²) in [7, 11) is 0. The summed E-state index contributed by atoms with van der Waals surface area (Å²) in [6, 6.07) is 18.5. The number of carbonyl (C=O) groups excluding carboxylic acids is 1. The standard InChI is InChI=1S/C30H31NO2/c1-17(2)24-13-10-19(4)16-26(24)33-30(32)27-22(7)29(23-11-8-18(3)9-12-23)31-28-21(6)14-20(5)15-25(27)28/h8-17H,1-7H3. The number of esters is 1. The van der Waals surface area contributed by atoms with Crippen molar-refractivity contribution in [1.82, 2.24) is 4.98 Å². The summed E-state index contributed by atoms with van der Waals surface area (Å²) in [4.78, 5) is 18.8. The first-order valence-electron chi connectivity index (χ1n) is 11.5. The number of carbonyl (C=O) groups is 1. The van der Waals surface area contributed by atoms with Crippen molar-refractivity contribution in [1.29, 1.82) is 0 Å². The van der Waals surface area contributed by atoms with Gasteiger partial charge >= 0.3 is 5.97 Å². The predicted molar refractivity (Wildman–Crippen MR) is 136 cm³/mol. The molecule has 3 heteroatoms. The highest BCUT2D eigenvalue weighted by Gasteiger charge is 2.23. The Morgan fingerprint density at radius 2 is 1.48 bits per heavy atom. The number of hydrogen-bond donors (Lipinski definition) is 0. The van der Waals surface area contributed by atoms with Gasteiger partial charge in [0.15, 0.2) is 0 Å². The SMILES string of the molecule is Cc1ccc(-c2nc3c(C)cc(C)cc3c(C(=O)Oc3cc(C)ccc3C(C)C)c2C)cc1. The van der Waals surface area contributed by atoms with Crippen LogP contribution in [-0.2, 0) is 0 Å². The maximum absolute atomic E-state index is 13.7. The normalized spacial score (nSPS) is 11.3. The number of aryl methyl sites for hydroxylation is 4. The molecule has 1 heterocycles. The monoisotopic (exact) mass is 437 g/mol. The zero-order valence-electron chi connectivity index (χ0n) is 20.5. The van der Waals surface area contributed by atoms with E-state index in [4.69, 9.17) is 9.72 Å². The molecule has 0 atom stereocenters. The van der Waals surface area contributed by atoms with Crippen molar-refractivity contribution < 1.29 is 9.53 Å². The highest BCUT2D eigenvalue weighted by molar-refractivity contribution is 6.08. The summed E-state index contributed by atoms with van der Waals surface area (Å²) in [5.41, 5.74) is 9.47. The lowest BCUT2D eigenvalue weighted by Crippen LogP contribution is -2.14. The molecule has 0 unspecified atom stereocenters. The van der Waals surface area contributed by atoms with Gasteiger partial charge in [0.2, 0.25) is 0 Å². The molecule has 1 aromatic heterocycles. The smallest absolute Gasteiger partial charge is 0.344 e. The molecule has 0 spiro atoms. The van der Waals surface area contributed by atoms with E-state index in [-0.39, 0.29) is 11.9 Å². The van der Waals surface area contributed by atoms with E-state index in [2.05, 4.69) is 57.2 Å². The van der Waals surface area contributed by atoms with Crippen molar-refractivity contribution in [2.45, 2.75) is 54.4 Å². The van der Waals surface area contributed by atoms with Crippen molar-refractivity contribution in [3.8, 4) is 17.0 Å². The average Bonchev–Trinajstić information content (AvgIpc) is 2.74. The quantitative estimate of drug-likeness (QED) is 0.242. The Balaban J connectivity index is 1.94. The van der Waals surface area contributed by atoms with Crippen molar-refractivity contribution in [3.63, 3.8) is 0 Å². The molecule has 0 saturated carbocycles. The van der Waals surface area contributed by atoms with Crippen molar-refractivity contribution in [3.05, 3.63) is 93.5 Å². The zero-order chi connectivity index (χ0) is 23.9. The van der Waals surface area contributed by atoms with Gasteiger partial charge in [-0.1, -0.05) is 67.4 Å². The summed E-state index contributed by atoms with van der Waals surface area (Å²) in [6.45, 7) is 14.3. The predicted octanol–water partition coefficient (Wildman–Crippen LogP) is 7.79. The Morgan fingerprint density at radius 1 is 0.818 bits per heavy atom. The van der Waals surface area contributed by atoms with Gasteiger partial charge in [-0.3, -0.25) is 0 Å². The van der Waals surface area contributed by atoms with Crippen LogP contribution >= 0.6 is 0 Å². The molecule has 0 fully saturated rings. The number of benzene rings is 3. The molecule has 33 heavy (non-hydrogen) atoms. The van der Waals surface area contributed by atoms with E-state index < -0.39 is 0 Å². The van der Waals surface area contributed by atoms with Gasteiger partial charge in [0.25, 0.3) is 0 Å². The molecule has 0 aliphatic heterocycles. The topological polar surface area (TPSA) is 39.2 Å².